The van der Waals surface area contributed by atoms with Crippen LogP contribution < -0.4 is 0 Å². The topological polar surface area (TPSA) is 0 Å². The van der Waals surface area contributed by atoms with Crippen molar-refractivity contribution in [2.75, 3.05) is 0 Å². The molecule has 0 amide bonds. The van der Waals surface area contributed by atoms with E-state index in [4.69, 9.17) is 0 Å². The van der Waals surface area contributed by atoms with Gasteiger partial charge in [-0.25, -0.2) is 0 Å². The molecule has 1 atom stereocenters. The first kappa shape index (κ1) is 5.76. The van der Waals surface area contributed by atoms with Gasteiger partial charge in [0, 0.05) is 0 Å². The maximum absolute atomic E-state index is 2.40. The van der Waals surface area contributed by atoms with Gasteiger partial charge in [0.15, 0.2) is 0 Å². The number of hydrogen-bond donors (Lipinski definition) is 0. The van der Waals surface area contributed by atoms with Gasteiger partial charge in [0.05, 0.1) is 0 Å². The molecule has 0 heteroatoms. The summed E-state index contributed by atoms with van der Waals surface area (Å²) in [6, 6.07) is 0. The van der Waals surface area contributed by atoms with Crippen molar-refractivity contribution >= 4 is 0 Å². The molecule has 9 heavy (non-hydrogen) atoms. The van der Waals surface area contributed by atoms with Gasteiger partial charge in [-0.3, -0.25) is 0 Å². The lowest BCUT2D eigenvalue weighted by atomic mass is 9.61. The van der Waals surface area contributed by atoms with E-state index in [1.54, 1.807) is 0 Å². The van der Waals surface area contributed by atoms with Crippen LogP contribution in [0.1, 0.15) is 40.0 Å². The molecule has 0 heterocycles. The Balaban J connectivity index is 1.99. The van der Waals surface area contributed by atoms with Crippen LogP contribution in [0.4, 0.5) is 0 Å². The fraction of sp³-hybridized carbons (Fsp3) is 1.00. The number of hydrogen-bond acceptors (Lipinski definition) is 0. The zero-order valence-corrected chi connectivity index (χ0v) is 6.70. The summed E-state index contributed by atoms with van der Waals surface area (Å²) in [6.07, 6.45) is 4.53. The highest BCUT2D eigenvalue weighted by Gasteiger charge is 2.61. The Kier molecular flexibility index (Phi) is 0.774. The molecule has 0 radical (unpaired) electrons. The lowest BCUT2D eigenvalue weighted by Crippen LogP contribution is -2.34. The molecule has 2 rings (SSSR count). The lowest BCUT2D eigenvalue weighted by Gasteiger charge is -2.44. The van der Waals surface area contributed by atoms with E-state index in [-0.39, 0.29) is 0 Å². The average molecular weight is 124 g/mol. The zero-order valence-electron chi connectivity index (χ0n) is 6.70. The van der Waals surface area contributed by atoms with Gasteiger partial charge in [0.2, 0.25) is 0 Å². The van der Waals surface area contributed by atoms with Crippen LogP contribution >= 0.6 is 0 Å². The molecular weight excluding hydrogens is 108 g/mol. The molecule has 0 saturated heterocycles. The largest absolute Gasteiger partial charge is 0.0620 e. The van der Waals surface area contributed by atoms with Crippen molar-refractivity contribution in [3.05, 3.63) is 0 Å². The molecule has 0 bridgehead atoms. The third kappa shape index (κ3) is 0.653. The highest BCUT2D eigenvalue weighted by atomic mass is 14.7. The molecule has 2 fully saturated rings. The molecule has 0 aromatic heterocycles. The lowest BCUT2D eigenvalue weighted by molar-refractivity contribution is 0.0638. The maximum Gasteiger partial charge on any atom is -0.0259 e. The molecule has 1 unspecified atom stereocenters. The van der Waals surface area contributed by atoms with Crippen molar-refractivity contribution < 1.29 is 0 Å². The molecular formula is C9H16. The van der Waals surface area contributed by atoms with Crippen LogP contribution in [0.25, 0.3) is 0 Å². The third-order valence-corrected chi connectivity index (χ3v) is 3.26. The normalized spacial score (nSPS) is 42.3. The first-order valence-corrected chi connectivity index (χ1v) is 4.04. The molecule has 1 spiro atoms. The van der Waals surface area contributed by atoms with Gasteiger partial charge in [-0.15, -0.1) is 0 Å². The van der Waals surface area contributed by atoms with Crippen molar-refractivity contribution in [1.29, 1.82) is 0 Å². The Morgan fingerprint density at radius 3 is 1.78 bits per heavy atom. The van der Waals surface area contributed by atoms with Crippen LogP contribution in [0, 0.1) is 16.7 Å². The van der Waals surface area contributed by atoms with Gasteiger partial charge < -0.3 is 0 Å². The summed E-state index contributed by atoms with van der Waals surface area (Å²) in [7, 11) is 0. The van der Waals surface area contributed by atoms with Crippen molar-refractivity contribution in [2.24, 2.45) is 16.7 Å². The molecule has 0 nitrogen and oxygen atoms in total. The molecule has 0 aliphatic heterocycles. The van der Waals surface area contributed by atoms with Crippen LogP contribution in [0.15, 0.2) is 0 Å². The minimum atomic E-state index is 0.699. The fourth-order valence-corrected chi connectivity index (χ4v) is 2.90. The molecule has 2 aliphatic rings. The standard InChI is InChI=1S/C9H16/c1-7-4-9(7)5-8(2,3)6-9/h7H,4-6H2,1-3H3. The minimum absolute atomic E-state index is 0.699. The summed E-state index contributed by atoms with van der Waals surface area (Å²) in [5.41, 5.74) is 1.56. The van der Waals surface area contributed by atoms with E-state index in [9.17, 15) is 0 Å². The maximum atomic E-state index is 2.40. The quantitative estimate of drug-likeness (QED) is 0.466. The highest BCUT2D eigenvalue weighted by molar-refractivity contribution is 5.11. The second kappa shape index (κ2) is 1.21. The van der Waals surface area contributed by atoms with E-state index in [1.807, 2.05) is 0 Å². The molecule has 0 aromatic rings. The van der Waals surface area contributed by atoms with Gasteiger partial charge in [-0.05, 0) is 36.0 Å². The van der Waals surface area contributed by atoms with E-state index in [0.29, 0.717) is 5.41 Å². The second-order valence-corrected chi connectivity index (χ2v) is 4.99. The van der Waals surface area contributed by atoms with E-state index < -0.39 is 0 Å². The molecule has 52 valence electrons. The van der Waals surface area contributed by atoms with E-state index in [0.717, 1.165) is 11.3 Å². The van der Waals surface area contributed by atoms with Crippen LogP contribution in [0.2, 0.25) is 0 Å². The van der Waals surface area contributed by atoms with Gasteiger partial charge >= 0.3 is 0 Å². The summed E-state index contributed by atoms with van der Waals surface area (Å²) >= 11 is 0. The predicted octanol–water partition coefficient (Wildman–Crippen LogP) is 2.83. The minimum Gasteiger partial charge on any atom is -0.0620 e. The first-order valence-electron chi connectivity index (χ1n) is 4.04. The van der Waals surface area contributed by atoms with Crippen LogP contribution in [-0.2, 0) is 0 Å². The molecule has 0 aromatic carbocycles. The first-order chi connectivity index (χ1) is 4.04. The van der Waals surface area contributed by atoms with Crippen molar-refractivity contribution in [3.63, 3.8) is 0 Å². The highest BCUT2D eigenvalue weighted by Crippen LogP contribution is 2.71. The second-order valence-electron chi connectivity index (χ2n) is 4.99. The van der Waals surface area contributed by atoms with Crippen LogP contribution in [-0.4, -0.2) is 0 Å². The zero-order chi connectivity index (χ0) is 6.70. The van der Waals surface area contributed by atoms with Crippen LogP contribution in [0.5, 0.6) is 0 Å². The smallest absolute Gasteiger partial charge is 0.0259 e. The monoisotopic (exact) mass is 124 g/mol. The van der Waals surface area contributed by atoms with Gasteiger partial charge in [0.1, 0.15) is 0 Å². The SMILES string of the molecule is CC1CC12CC(C)(C)C2. The van der Waals surface area contributed by atoms with Crippen molar-refractivity contribution in [2.45, 2.75) is 40.0 Å². The van der Waals surface area contributed by atoms with E-state index in [2.05, 4.69) is 20.8 Å². The average Bonchev–Trinajstić information content (AvgIpc) is 2.09. The van der Waals surface area contributed by atoms with Crippen molar-refractivity contribution in [3.8, 4) is 0 Å². The van der Waals surface area contributed by atoms with Gasteiger partial charge in [-0.2, -0.15) is 0 Å². The summed E-state index contributed by atoms with van der Waals surface area (Å²) in [6.45, 7) is 7.18. The van der Waals surface area contributed by atoms with Gasteiger partial charge in [-0.1, -0.05) is 20.8 Å². The van der Waals surface area contributed by atoms with Gasteiger partial charge in [0.25, 0.3) is 0 Å². The third-order valence-electron chi connectivity index (χ3n) is 3.26. The molecule has 2 saturated carbocycles. The Morgan fingerprint density at radius 1 is 1.22 bits per heavy atom. The van der Waals surface area contributed by atoms with E-state index >= 15 is 0 Å². The summed E-state index contributed by atoms with van der Waals surface area (Å²) < 4.78 is 0. The summed E-state index contributed by atoms with van der Waals surface area (Å²) in [5, 5.41) is 0. The van der Waals surface area contributed by atoms with Crippen molar-refractivity contribution in [1.82, 2.24) is 0 Å². The summed E-state index contributed by atoms with van der Waals surface area (Å²) in [5.74, 6) is 1.06. The van der Waals surface area contributed by atoms with Crippen LogP contribution in [0.3, 0.4) is 0 Å². The Hall–Kier alpha value is 0. The van der Waals surface area contributed by atoms with E-state index in [1.165, 1.54) is 19.3 Å². The Morgan fingerprint density at radius 2 is 1.67 bits per heavy atom. The number of rotatable bonds is 0. The molecule has 0 N–H and O–H groups in total. The fourth-order valence-electron chi connectivity index (χ4n) is 2.90. The predicted molar refractivity (Wildman–Crippen MR) is 39.2 cm³/mol. The Bertz CT molecular complexity index is 136. The Labute approximate surface area is 57.6 Å². The molecule has 2 aliphatic carbocycles. The summed E-state index contributed by atoms with van der Waals surface area (Å²) in [4.78, 5) is 0.